The van der Waals surface area contributed by atoms with Crippen LogP contribution in [0.5, 0.6) is 0 Å². The van der Waals surface area contributed by atoms with Crippen molar-refractivity contribution < 1.29 is 0 Å². The van der Waals surface area contributed by atoms with E-state index in [1.165, 1.54) is 54.0 Å². The van der Waals surface area contributed by atoms with Crippen molar-refractivity contribution in [2.45, 2.75) is 44.4 Å². The lowest BCUT2D eigenvalue weighted by atomic mass is 10.1. The van der Waals surface area contributed by atoms with Crippen molar-refractivity contribution in [3.63, 3.8) is 0 Å². The maximum absolute atomic E-state index is 3.60. The number of hydrogen-bond acceptors (Lipinski definition) is 2. The SMILES string of the molecule is Cc1ccc(SCCNCC2CCCC2)cc1C. The minimum absolute atomic E-state index is 0.955. The second kappa shape index (κ2) is 7.20. The van der Waals surface area contributed by atoms with Crippen LogP contribution < -0.4 is 5.32 Å². The lowest BCUT2D eigenvalue weighted by Gasteiger charge is -2.10. The Morgan fingerprint density at radius 3 is 2.67 bits per heavy atom. The third-order valence-corrected chi connectivity index (χ3v) is 4.93. The molecule has 2 heteroatoms. The van der Waals surface area contributed by atoms with E-state index < -0.39 is 0 Å². The zero-order valence-electron chi connectivity index (χ0n) is 11.7. The summed E-state index contributed by atoms with van der Waals surface area (Å²) in [5, 5.41) is 3.60. The lowest BCUT2D eigenvalue weighted by Crippen LogP contribution is -2.23. The van der Waals surface area contributed by atoms with Crippen molar-refractivity contribution in [1.82, 2.24) is 5.32 Å². The zero-order chi connectivity index (χ0) is 12.8. The van der Waals surface area contributed by atoms with Crippen LogP contribution in [0.3, 0.4) is 0 Å². The first kappa shape index (κ1) is 14.0. The molecule has 1 aliphatic carbocycles. The van der Waals surface area contributed by atoms with Gasteiger partial charge in [-0.15, -0.1) is 11.8 Å². The standard InChI is InChI=1S/C16H25NS/c1-13-7-8-16(11-14(13)2)18-10-9-17-12-15-5-3-4-6-15/h7-8,11,15,17H,3-6,9-10,12H2,1-2H3. The van der Waals surface area contributed by atoms with E-state index in [1.54, 1.807) is 0 Å². The van der Waals surface area contributed by atoms with E-state index in [4.69, 9.17) is 0 Å². The molecule has 0 saturated heterocycles. The van der Waals surface area contributed by atoms with E-state index >= 15 is 0 Å². The summed E-state index contributed by atoms with van der Waals surface area (Å²) in [5.41, 5.74) is 2.79. The van der Waals surface area contributed by atoms with Gasteiger partial charge in [0, 0.05) is 17.2 Å². The molecule has 1 aromatic carbocycles. The zero-order valence-corrected chi connectivity index (χ0v) is 12.5. The highest BCUT2D eigenvalue weighted by Crippen LogP contribution is 2.24. The molecular weight excluding hydrogens is 238 g/mol. The number of aryl methyl sites for hydroxylation is 2. The quantitative estimate of drug-likeness (QED) is 0.610. The van der Waals surface area contributed by atoms with Gasteiger partial charge in [0.1, 0.15) is 0 Å². The highest BCUT2D eigenvalue weighted by molar-refractivity contribution is 7.99. The first-order chi connectivity index (χ1) is 8.75. The molecule has 0 aliphatic heterocycles. The fraction of sp³-hybridized carbons (Fsp3) is 0.625. The van der Waals surface area contributed by atoms with Crippen LogP contribution in [-0.4, -0.2) is 18.8 Å². The second-order valence-electron chi connectivity index (χ2n) is 5.45. The molecule has 1 fully saturated rings. The van der Waals surface area contributed by atoms with Crippen LogP contribution in [0.15, 0.2) is 23.1 Å². The van der Waals surface area contributed by atoms with Crippen molar-refractivity contribution in [3.05, 3.63) is 29.3 Å². The Labute approximate surface area is 116 Å². The minimum Gasteiger partial charge on any atom is -0.316 e. The Morgan fingerprint density at radius 2 is 1.94 bits per heavy atom. The lowest BCUT2D eigenvalue weighted by molar-refractivity contribution is 0.500. The van der Waals surface area contributed by atoms with Gasteiger partial charge in [-0.05, 0) is 62.4 Å². The third kappa shape index (κ3) is 4.33. The van der Waals surface area contributed by atoms with Crippen molar-refractivity contribution >= 4 is 11.8 Å². The molecule has 0 aromatic heterocycles. The fourth-order valence-electron chi connectivity index (χ4n) is 2.57. The highest BCUT2D eigenvalue weighted by Gasteiger charge is 2.13. The average molecular weight is 263 g/mol. The number of hydrogen-bond donors (Lipinski definition) is 1. The van der Waals surface area contributed by atoms with E-state index in [0.29, 0.717) is 0 Å². The van der Waals surface area contributed by atoms with E-state index in [1.807, 2.05) is 11.8 Å². The van der Waals surface area contributed by atoms with Gasteiger partial charge in [0.2, 0.25) is 0 Å². The number of thioether (sulfide) groups is 1. The van der Waals surface area contributed by atoms with Gasteiger partial charge in [0.25, 0.3) is 0 Å². The first-order valence-corrected chi connectivity index (χ1v) is 8.15. The van der Waals surface area contributed by atoms with Gasteiger partial charge >= 0.3 is 0 Å². The van der Waals surface area contributed by atoms with Crippen molar-refractivity contribution in [2.75, 3.05) is 18.8 Å². The minimum atomic E-state index is 0.955. The van der Waals surface area contributed by atoms with Gasteiger partial charge in [0.15, 0.2) is 0 Å². The molecule has 18 heavy (non-hydrogen) atoms. The second-order valence-corrected chi connectivity index (χ2v) is 6.62. The van der Waals surface area contributed by atoms with Crippen molar-refractivity contribution in [2.24, 2.45) is 5.92 Å². The molecule has 0 bridgehead atoms. The summed E-state index contributed by atoms with van der Waals surface area (Å²) < 4.78 is 0. The summed E-state index contributed by atoms with van der Waals surface area (Å²) >= 11 is 1.96. The molecular formula is C16H25NS. The summed E-state index contributed by atoms with van der Waals surface area (Å²) in [7, 11) is 0. The van der Waals surface area contributed by atoms with Crippen molar-refractivity contribution in [3.8, 4) is 0 Å². The maximum Gasteiger partial charge on any atom is 0.0106 e. The molecule has 1 N–H and O–H groups in total. The Balaban J connectivity index is 1.61. The molecule has 2 rings (SSSR count). The fourth-order valence-corrected chi connectivity index (χ4v) is 3.47. The molecule has 100 valence electrons. The summed E-state index contributed by atoms with van der Waals surface area (Å²) in [6.45, 7) is 6.73. The summed E-state index contributed by atoms with van der Waals surface area (Å²) in [5.74, 6) is 2.13. The van der Waals surface area contributed by atoms with Crippen LogP contribution in [0.2, 0.25) is 0 Å². The van der Waals surface area contributed by atoms with Crippen LogP contribution in [-0.2, 0) is 0 Å². The largest absolute Gasteiger partial charge is 0.316 e. The topological polar surface area (TPSA) is 12.0 Å². The van der Waals surface area contributed by atoms with Gasteiger partial charge in [-0.25, -0.2) is 0 Å². The Bertz CT molecular complexity index is 369. The Kier molecular flexibility index (Phi) is 5.58. The van der Waals surface area contributed by atoms with Gasteiger partial charge in [0.05, 0.1) is 0 Å². The van der Waals surface area contributed by atoms with Crippen molar-refractivity contribution in [1.29, 1.82) is 0 Å². The first-order valence-electron chi connectivity index (χ1n) is 7.16. The average Bonchev–Trinajstić information content (AvgIpc) is 2.86. The van der Waals surface area contributed by atoms with Crippen LogP contribution in [0, 0.1) is 19.8 Å². The molecule has 0 atom stereocenters. The molecule has 0 amide bonds. The highest BCUT2D eigenvalue weighted by atomic mass is 32.2. The van der Waals surface area contributed by atoms with Crippen LogP contribution in [0.4, 0.5) is 0 Å². The number of benzene rings is 1. The molecule has 0 radical (unpaired) electrons. The molecule has 0 spiro atoms. The van der Waals surface area contributed by atoms with Crippen LogP contribution in [0.1, 0.15) is 36.8 Å². The van der Waals surface area contributed by atoms with E-state index in [0.717, 1.165) is 12.5 Å². The van der Waals surface area contributed by atoms with Gasteiger partial charge < -0.3 is 5.32 Å². The molecule has 0 unspecified atom stereocenters. The summed E-state index contributed by atoms with van der Waals surface area (Å²) in [6, 6.07) is 6.77. The Hall–Kier alpha value is -0.470. The van der Waals surface area contributed by atoms with E-state index in [2.05, 4.69) is 37.4 Å². The van der Waals surface area contributed by atoms with Gasteiger partial charge in [-0.1, -0.05) is 18.9 Å². The third-order valence-electron chi connectivity index (χ3n) is 3.93. The van der Waals surface area contributed by atoms with Gasteiger partial charge in [-0.3, -0.25) is 0 Å². The maximum atomic E-state index is 3.60. The predicted octanol–water partition coefficient (Wildman–Crippen LogP) is 4.18. The molecule has 1 nitrogen and oxygen atoms in total. The predicted molar refractivity (Wildman–Crippen MR) is 81.5 cm³/mol. The van der Waals surface area contributed by atoms with E-state index in [-0.39, 0.29) is 0 Å². The smallest absolute Gasteiger partial charge is 0.0106 e. The summed E-state index contributed by atoms with van der Waals surface area (Å²) in [4.78, 5) is 1.40. The number of rotatable bonds is 6. The number of nitrogens with one attached hydrogen (secondary N) is 1. The van der Waals surface area contributed by atoms with E-state index in [9.17, 15) is 0 Å². The molecule has 1 aliphatic rings. The monoisotopic (exact) mass is 263 g/mol. The summed E-state index contributed by atoms with van der Waals surface area (Å²) in [6.07, 6.45) is 5.78. The van der Waals surface area contributed by atoms with Gasteiger partial charge in [-0.2, -0.15) is 0 Å². The molecule has 1 aromatic rings. The normalized spacial score (nSPS) is 16.3. The Morgan fingerprint density at radius 1 is 1.17 bits per heavy atom. The van der Waals surface area contributed by atoms with Crippen LogP contribution in [0.25, 0.3) is 0 Å². The molecule has 0 heterocycles. The molecule has 1 saturated carbocycles. The van der Waals surface area contributed by atoms with Crippen LogP contribution >= 0.6 is 11.8 Å².